The van der Waals surface area contributed by atoms with Gasteiger partial charge in [0.15, 0.2) is 0 Å². The molecule has 0 aliphatic carbocycles. The number of amides is 1. The third-order valence-electron chi connectivity index (χ3n) is 6.22. The smallest absolute Gasteiger partial charge is 0.300 e. The largest absolute Gasteiger partial charge is 0.355 e. The molecule has 0 radical (unpaired) electrons. The monoisotopic (exact) mass is 504 g/mol. The summed E-state index contributed by atoms with van der Waals surface area (Å²) in [6.07, 6.45) is 2.47. The minimum atomic E-state index is -0.576. The van der Waals surface area contributed by atoms with Crippen LogP contribution in [0.5, 0.6) is 0 Å². The van der Waals surface area contributed by atoms with Gasteiger partial charge in [-0.1, -0.05) is 18.9 Å². The Morgan fingerprint density at radius 3 is 2.50 bits per heavy atom. The first-order valence-electron chi connectivity index (χ1n) is 11.8. The van der Waals surface area contributed by atoms with E-state index in [0.717, 1.165) is 25.9 Å². The highest BCUT2D eigenvalue weighted by atomic mass is 32.2. The van der Waals surface area contributed by atoms with E-state index >= 15 is 0 Å². The average Bonchev–Trinajstić information content (AvgIpc) is 2.87. The van der Waals surface area contributed by atoms with Crippen LogP contribution < -0.4 is 10.2 Å². The molecule has 2 heterocycles. The quantitative estimate of drug-likeness (QED) is 0.443. The first kappa shape index (κ1) is 27.0. The van der Waals surface area contributed by atoms with Gasteiger partial charge in [0.1, 0.15) is 28.8 Å². The van der Waals surface area contributed by atoms with E-state index in [4.69, 9.17) is 4.98 Å². The van der Waals surface area contributed by atoms with Gasteiger partial charge in [-0.05, 0) is 69.5 Å². The number of pyridine rings is 1. The van der Waals surface area contributed by atoms with Crippen LogP contribution >= 0.6 is 11.8 Å². The van der Waals surface area contributed by atoms with Gasteiger partial charge in [0, 0.05) is 24.9 Å². The predicted molar refractivity (Wildman–Crippen MR) is 140 cm³/mol. The molecular formula is C27H29FN6OS. The van der Waals surface area contributed by atoms with Crippen molar-refractivity contribution >= 4 is 29.2 Å². The third kappa shape index (κ3) is 6.15. The number of carbonyl (C=O) groups excluding carboxylic acids is 1. The second-order valence-electron chi connectivity index (χ2n) is 8.66. The maximum Gasteiger partial charge on any atom is 0.300 e. The molecule has 0 bridgehead atoms. The van der Waals surface area contributed by atoms with Crippen LogP contribution in [0.1, 0.15) is 48.9 Å². The Hall–Kier alpha value is -3.58. The first-order chi connectivity index (χ1) is 17.3. The number of nitrogens with zero attached hydrogens (tertiary/aromatic N) is 5. The SMILES string of the molecule is CC#CC(=O)Nc1ccc(CSc2nc(N3CCC(N(C)C)CC3)c(C#N)c(CC)c2C#N)cc1F. The van der Waals surface area contributed by atoms with Crippen molar-refractivity contribution in [3.63, 3.8) is 0 Å². The first-order valence-corrected chi connectivity index (χ1v) is 12.7. The minimum absolute atomic E-state index is 0.0578. The van der Waals surface area contributed by atoms with Gasteiger partial charge in [-0.15, -0.1) is 11.8 Å². The van der Waals surface area contributed by atoms with Gasteiger partial charge in [0.05, 0.1) is 16.8 Å². The lowest BCUT2D eigenvalue weighted by Crippen LogP contribution is -2.42. The van der Waals surface area contributed by atoms with Gasteiger partial charge in [0.25, 0.3) is 5.91 Å². The van der Waals surface area contributed by atoms with E-state index in [9.17, 15) is 19.7 Å². The van der Waals surface area contributed by atoms with Crippen molar-refractivity contribution in [2.24, 2.45) is 0 Å². The molecule has 0 unspecified atom stereocenters. The summed E-state index contributed by atoms with van der Waals surface area (Å²) < 4.78 is 14.5. The number of nitriles is 2. The Balaban J connectivity index is 1.88. The van der Waals surface area contributed by atoms with Crippen LogP contribution in [0.2, 0.25) is 0 Å². The second kappa shape index (κ2) is 12.4. The Labute approximate surface area is 216 Å². The zero-order valence-electron chi connectivity index (χ0n) is 21.0. The number of hydrogen-bond donors (Lipinski definition) is 1. The van der Waals surface area contributed by atoms with Crippen LogP contribution in [0.25, 0.3) is 0 Å². The highest BCUT2D eigenvalue weighted by Gasteiger charge is 2.27. The van der Waals surface area contributed by atoms with Crippen molar-refractivity contribution in [1.82, 2.24) is 9.88 Å². The molecule has 3 rings (SSSR count). The lowest BCUT2D eigenvalue weighted by Gasteiger charge is -2.36. The van der Waals surface area contributed by atoms with Gasteiger partial charge in [-0.2, -0.15) is 10.5 Å². The Morgan fingerprint density at radius 2 is 1.94 bits per heavy atom. The molecule has 1 fully saturated rings. The molecule has 1 amide bonds. The van der Waals surface area contributed by atoms with Crippen molar-refractivity contribution < 1.29 is 9.18 Å². The molecule has 1 saturated heterocycles. The number of rotatable bonds is 7. The molecule has 7 nitrogen and oxygen atoms in total. The maximum atomic E-state index is 14.5. The van der Waals surface area contributed by atoms with Crippen LogP contribution in [0.3, 0.4) is 0 Å². The predicted octanol–water partition coefficient (Wildman–Crippen LogP) is 4.31. The van der Waals surface area contributed by atoms with E-state index < -0.39 is 11.7 Å². The normalized spacial score (nSPS) is 13.5. The van der Waals surface area contributed by atoms with Gasteiger partial charge in [-0.3, -0.25) is 4.79 Å². The second-order valence-corrected chi connectivity index (χ2v) is 9.62. The Kier molecular flexibility index (Phi) is 9.31. The molecular weight excluding hydrogens is 475 g/mol. The van der Waals surface area contributed by atoms with E-state index in [-0.39, 0.29) is 5.69 Å². The maximum absolute atomic E-state index is 14.5. The molecule has 1 aliphatic heterocycles. The fourth-order valence-corrected chi connectivity index (χ4v) is 5.23. The number of aromatic nitrogens is 1. The van der Waals surface area contributed by atoms with E-state index in [1.165, 1.54) is 30.8 Å². The van der Waals surface area contributed by atoms with Gasteiger partial charge < -0.3 is 15.1 Å². The van der Waals surface area contributed by atoms with Crippen molar-refractivity contribution in [2.75, 3.05) is 37.4 Å². The number of benzene rings is 1. The van der Waals surface area contributed by atoms with Gasteiger partial charge in [0.2, 0.25) is 0 Å². The van der Waals surface area contributed by atoms with E-state index in [2.05, 4.69) is 53.2 Å². The van der Waals surface area contributed by atoms with Crippen LogP contribution in [-0.4, -0.2) is 49.0 Å². The summed E-state index contributed by atoms with van der Waals surface area (Å²) in [6.45, 7) is 5.03. The van der Waals surface area contributed by atoms with Crippen molar-refractivity contribution in [3.05, 3.63) is 46.3 Å². The van der Waals surface area contributed by atoms with E-state index in [1.54, 1.807) is 6.07 Å². The third-order valence-corrected chi connectivity index (χ3v) is 7.26. The van der Waals surface area contributed by atoms with E-state index in [0.29, 0.717) is 51.3 Å². The van der Waals surface area contributed by atoms with Gasteiger partial charge >= 0.3 is 0 Å². The zero-order valence-corrected chi connectivity index (χ0v) is 21.8. The van der Waals surface area contributed by atoms with Crippen LogP contribution in [-0.2, 0) is 17.0 Å². The molecule has 186 valence electrons. The fourth-order valence-electron chi connectivity index (χ4n) is 4.28. The topological polar surface area (TPSA) is 96.1 Å². The minimum Gasteiger partial charge on any atom is -0.355 e. The summed E-state index contributed by atoms with van der Waals surface area (Å²) in [7, 11) is 4.15. The van der Waals surface area contributed by atoms with Gasteiger partial charge in [-0.25, -0.2) is 9.37 Å². The lowest BCUT2D eigenvalue weighted by molar-refractivity contribution is -0.111. The molecule has 1 N–H and O–H groups in total. The Morgan fingerprint density at radius 1 is 1.25 bits per heavy atom. The number of nitrogens with one attached hydrogen (secondary N) is 1. The lowest BCUT2D eigenvalue weighted by atomic mass is 9.99. The van der Waals surface area contributed by atoms with Crippen molar-refractivity contribution in [1.29, 1.82) is 10.5 Å². The Bertz CT molecular complexity index is 1280. The molecule has 0 atom stereocenters. The highest BCUT2D eigenvalue weighted by Crippen LogP contribution is 2.35. The van der Waals surface area contributed by atoms with Crippen LogP contribution in [0.15, 0.2) is 23.2 Å². The summed E-state index contributed by atoms with van der Waals surface area (Å²) in [5.74, 6) is 4.64. The summed E-state index contributed by atoms with van der Waals surface area (Å²) >= 11 is 1.34. The van der Waals surface area contributed by atoms with Crippen molar-refractivity contribution in [2.45, 2.75) is 49.9 Å². The highest BCUT2D eigenvalue weighted by molar-refractivity contribution is 7.98. The molecule has 1 aliphatic rings. The number of carbonyl (C=O) groups is 1. The summed E-state index contributed by atoms with van der Waals surface area (Å²) in [4.78, 5) is 20.8. The van der Waals surface area contributed by atoms with E-state index in [1.807, 2.05) is 6.92 Å². The molecule has 36 heavy (non-hydrogen) atoms. The molecule has 2 aromatic rings. The fraction of sp³-hybridized carbons (Fsp3) is 0.407. The van der Waals surface area contributed by atoms with Crippen LogP contribution in [0.4, 0.5) is 15.9 Å². The molecule has 9 heteroatoms. The zero-order chi connectivity index (χ0) is 26.2. The number of halogens is 1. The number of piperidine rings is 1. The summed E-state index contributed by atoms with van der Waals surface area (Å²) in [5.41, 5.74) is 2.29. The average molecular weight is 505 g/mol. The van der Waals surface area contributed by atoms with Crippen LogP contribution in [0, 0.1) is 40.3 Å². The molecule has 1 aromatic carbocycles. The molecule has 0 saturated carbocycles. The number of hydrogen-bond acceptors (Lipinski definition) is 7. The standard InChI is InChI=1S/C27H29FN6OS/c1-5-7-25(35)31-24-9-8-18(14-23(24)28)17-36-27-22(16-30)20(6-2)21(15-29)26(32-27)34-12-10-19(11-13-34)33(3)4/h8-9,14,19H,6,10-13,17H2,1-4H3,(H,31,35). The molecule has 0 spiro atoms. The summed E-state index contributed by atoms with van der Waals surface area (Å²) in [6, 6.07) is 9.58. The number of anilines is 2. The summed E-state index contributed by atoms with van der Waals surface area (Å²) in [5, 5.41) is 22.8. The number of thioether (sulfide) groups is 1. The van der Waals surface area contributed by atoms with Crippen molar-refractivity contribution in [3.8, 4) is 24.0 Å². The molecule has 1 aromatic heterocycles.